The van der Waals surface area contributed by atoms with E-state index in [0.29, 0.717) is 28.4 Å². The number of carbonyl (C=O) groups is 4. The number of carbonyl (C=O) groups excluding carboxylic acids is 4. The van der Waals surface area contributed by atoms with Gasteiger partial charge in [-0.1, -0.05) is 12.1 Å². The monoisotopic (exact) mass is 651 g/mol. The molecule has 4 rings (SSSR count). The van der Waals surface area contributed by atoms with Crippen LogP contribution in [-0.2, 0) is 14.4 Å². The Hall–Kier alpha value is -4.09. The van der Waals surface area contributed by atoms with Gasteiger partial charge in [0, 0.05) is 10.2 Å². The highest BCUT2D eigenvalue weighted by Crippen LogP contribution is 2.35. The third-order valence-corrected chi connectivity index (χ3v) is 7.95. The van der Waals surface area contributed by atoms with Crippen LogP contribution < -0.4 is 20.1 Å². The van der Waals surface area contributed by atoms with E-state index in [1.54, 1.807) is 24.3 Å². The second-order valence-corrected chi connectivity index (χ2v) is 11.7. The number of benzene rings is 3. The molecule has 0 radical (unpaired) electrons. The zero-order valence-electron chi connectivity index (χ0n) is 23.8. The Morgan fingerprint density at radius 3 is 2.29 bits per heavy atom. The number of nitrogens with zero attached hydrogens (tertiary/aromatic N) is 1. The van der Waals surface area contributed by atoms with Gasteiger partial charge in [-0.25, -0.2) is 0 Å². The summed E-state index contributed by atoms with van der Waals surface area (Å²) in [5.74, 6) is -0.703. The smallest absolute Gasteiger partial charge is 0.294 e. The maximum absolute atomic E-state index is 13.0. The number of ether oxygens (including phenoxy) is 2. The SMILES string of the molecule is COc1cc(/C=C2/SC(=O)N(CC(=O)Nc3cc(C)cc(C)c3)C2=O)ccc1OCC(=O)Nc1cc(C)c(C)cc1Br. The first-order valence-electron chi connectivity index (χ1n) is 12.9. The number of imide groups is 1. The van der Waals surface area contributed by atoms with E-state index in [2.05, 4.69) is 26.6 Å². The molecular weight excluding hydrogens is 622 g/mol. The molecule has 0 unspecified atom stereocenters. The van der Waals surface area contributed by atoms with Crippen LogP contribution in [0.3, 0.4) is 0 Å². The highest BCUT2D eigenvalue weighted by atomic mass is 79.9. The van der Waals surface area contributed by atoms with Crippen molar-refractivity contribution >= 4 is 68.1 Å². The summed E-state index contributed by atoms with van der Waals surface area (Å²) in [4.78, 5) is 51.7. The fourth-order valence-electron chi connectivity index (χ4n) is 4.28. The first-order valence-corrected chi connectivity index (χ1v) is 14.6. The van der Waals surface area contributed by atoms with Crippen molar-refractivity contribution in [3.05, 3.63) is 85.7 Å². The van der Waals surface area contributed by atoms with Gasteiger partial charge in [0.05, 0.1) is 17.7 Å². The molecule has 11 heteroatoms. The zero-order valence-corrected chi connectivity index (χ0v) is 26.2. The first kappa shape index (κ1) is 30.9. The highest BCUT2D eigenvalue weighted by Gasteiger charge is 2.36. The van der Waals surface area contributed by atoms with Crippen LogP contribution in [0.4, 0.5) is 16.2 Å². The Kier molecular flexibility index (Phi) is 9.74. The van der Waals surface area contributed by atoms with Crippen LogP contribution in [0.15, 0.2) is 57.9 Å². The molecule has 1 fully saturated rings. The zero-order chi connectivity index (χ0) is 30.6. The summed E-state index contributed by atoms with van der Waals surface area (Å²) in [5, 5.41) is 5.03. The molecule has 0 atom stereocenters. The number of aryl methyl sites for hydroxylation is 4. The van der Waals surface area contributed by atoms with E-state index in [1.807, 2.05) is 58.0 Å². The van der Waals surface area contributed by atoms with Crippen molar-refractivity contribution in [1.29, 1.82) is 0 Å². The van der Waals surface area contributed by atoms with Gasteiger partial charge in [-0.2, -0.15) is 0 Å². The number of hydrogen-bond donors (Lipinski definition) is 2. The number of amides is 4. The summed E-state index contributed by atoms with van der Waals surface area (Å²) in [6.45, 7) is 7.14. The number of methoxy groups -OCH3 is 1. The minimum absolute atomic E-state index is 0.174. The molecule has 0 aliphatic carbocycles. The molecule has 1 aliphatic heterocycles. The van der Waals surface area contributed by atoms with Crippen molar-refractivity contribution in [2.75, 3.05) is 30.9 Å². The van der Waals surface area contributed by atoms with Gasteiger partial charge in [0.2, 0.25) is 5.91 Å². The fraction of sp³-hybridized carbons (Fsp3) is 0.226. The molecule has 218 valence electrons. The van der Waals surface area contributed by atoms with Gasteiger partial charge in [0.15, 0.2) is 18.1 Å². The quantitative estimate of drug-likeness (QED) is 0.258. The van der Waals surface area contributed by atoms with Gasteiger partial charge in [-0.05, 0) is 126 Å². The van der Waals surface area contributed by atoms with Crippen LogP contribution in [0, 0.1) is 27.7 Å². The largest absolute Gasteiger partial charge is 0.493 e. The van der Waals surface area contributed by atoms with Crippen molar-refractivity contribution in [2.45, 2.75) is 27.7 Å². The molecule has 1 aliphatic rings. The minimum atomic E-state index is -0.561. The predicted molar refractivity (Wildman–Crippen MR) is 168 cm³/mol. The predicted octanol–water partition coefficient (Wildman–Crippen LogP) is 6.38. The number of hydrogen-bond acceptors (Lipinski definition) is 7. The molecule has 1 heterocycles. The normalized spacial score (nSPS) is 13.9. The van der Waals surface area contributed by atoms with Crippen molar-refractivity contribution in [2.24, 2.45) is 0 Å². The average molecular weight is 653 g/mol. The first-order chi connectivity index (χ1) is 19.9. The summed E-state index contributed by atoms with van der Waals surface area (Å²) in [6, 6.07) is 14.4. The van der Waals surface area contributed by atoms with E-state index >= 15 is 0 Å². The lowest BCUT2D eigenvalue weighted by Gasteiger charge is -2.13. The molecule has 3 aromatic carbocycles. The Bertz CT molecular complexity index is 1600. The Morgan fingerprint density at radius 1 is 0.905 bits per heavy atom. The Morgan fingerprint density at radius 2 is 1.60 bits per heavy atom. The van der Waals surface area contributed by atoms with Gasteiger partial charge < -0.3 is 20.1 Å². The number of rotatable bonds is 9. The van der Waals surface area contributed by atoms with Crippen LogP contribution in [0.2, 0.25) is 0 Å². The lowest BCUT2D eigenvalue weighted by atomic mass is 10.1. The summed E-state index contributed by atoms with van der Waals surface area (Å²) in [7, 11) is 1.46. The average Bonchev–Trinajstić information content (AvgIpc) is 3.17. The lowest BCUT2D eigenvalue weighted by molar-refractivity contribution is -0.127. The molecular formula is C31H30BrN3O6S. The Balaban J connectivity index is 1.39. The fourth-order valence-corrected chi connectivity index (χ4v) is 5.67. The molecule has 0 spiro atoms. The topological polar surface area (TPSA) is 114 Å². The van der Waals surface area contributed by atoms with Gasteiger partial charge in [-0.3, -0.25) is 24.1 Å². The maximum Gasteiger partial charge on any atom is 0.294 e. The molecule has 1 saturated heterocycles. The lowest BCUT2D eigenvalue weighted by Crippen LogP contribution is -2.36. The third kappa shape index (κ3) is 7.59. The van der Waals surface area contributed by atoms with Crippen molar-refractivity contribution in [3.63, 3.8) is 0 Å². The molecule has 0 bridgehead atoms. The van der Waals surface area contributed by atoms with Crippen LogP contribution in [0.25, 0.3) is 6.08 Å². The van der Waals surface area contributed by atoms with Crippen LogP contribution >= 0.6 is 27.7 Å². The van der Waals surface area contributed by atoms with E-state index in [1.165, 1.54) is 7.11 Å². The van der Waals surface area contributed by atoms with Crippen molar-refractivity contribution in [1.82, 2.24) is 4.90 Å². The summed E-state index contributed by atoms with van der Waals surface area (Å²) < 4.78 is 11.9. The number of nitrogens with one attached hydrogen (secondary N) is 2. The van der Waals surface area contributed by atoms with E-state index < -0.39 is 23.6 Å². The van der Waals surface area contributed by atoms with Crippen molar-refractivity contribution in [3.8, 4) is 11.5 Å². The van der Waals surface area contributed by atoms with Crippen LogP contribution in [-0.4, -0.2) is 48.1 Å². The second kappa shape index (κ2) is 13.3. The maximum atomic E-state index is 13.0. The summed E-state index contributed by atoms with van der Waals surface area (Å²) in [5.41, 5.74) is 5.94. The minimum Gasteiger partial charge on any atom is -0.493 e. The van der Waals surface area contributed by atoms with E-state index in [9.17, 15) is 19.2 Å². The number of thioether (sulfide) groups is 1. The Labute approximate surface area is 256 Å². The second-order valence-electron chi connectivity index (χ2n) is 9.86. The molecule has 9 nitrogen and oxygen atoms in total. The van der Waals surface area contributed by atoms with E-state index in [-0.39, 0.29) is 17.4 Å². The van der Waals surface area contributed by atoms with Gasteiger partial charge >= 0.3 is 0 Å². The van der Waals surface area contributed by atoms with Gasteiger partial charge in [0.1, 0.15) is 6.54 Å². The number of halogens is 1. The summed E-state index contributed by atoms with van der Waals surface area (Å²) in [6.07, 6.45) is 1.54. The van der Waals surface area contributed by atoms with Gasteiger partial charge in [0.25, 0.3) is 17.1 Å². The van der Waals surface area contributed by atoms with E-state index in [0.717, 1.165) is 43.4 Å². The van der Waals surface area contributed by atoms with Crippen molar-refractivity contribution < 1.29 is 28.7 Å². The number of anilines is 2. The molecule has 3 aromatic rings. The standard InChI is InChI=1S/C31H30BrN3O6S/c1-17-8-18(2)10-22(9-17)33-28(36)15-35-30(38)27(42-31(35)39)14-21-6-7-25(26(13-21)40-5)41-16-29(37)34-24-12-20(4)19(3)11-23(24)32/h6-14H,15-16H2,1-5H3,(H,33,36)(H,34,37)/b27-14+. The van der Waals surface area contributed by atoms with Crippen LogP contribution in [0.5, 0.6) is 11.5 Å². The molecule has 42 heavy (non-hydrogen) atoms. The summed E-state index contributed by atoms with van der Waals surface area (Å²) >= 11 is 4.22. The van der Waals surface area contributed by atoms with Crippen LogP contribution in [0.1, 0.15) is 27.8 Å². The molecule has 2 N–H and O–H groups in total. The molecule has 0 aromatic heterocycles. The highest BCUT2D eigenvalue weighted by molar-refractivity contribution is 9.10. The van der Waals surface area contributed by atoms with Gasteiger partial charge in [-0.15, -0.1) is 0 Å². The molecule has 0 saturated carbocycles. The van der Waals surface area contributed by atoms with E-state index in [4.69, 9.17) is 9.47 Å². The molecule has 4 amide bonds. The third-order valence-electron chi connectivity index (χ3n) is 6.38.